The van der Waals surface area contributed by atoms with Crippen molar-refractivity contribution in [3.05, 3.63) is 23.9 Å². The van der Waals surface area contributed by atoms with Crippen molar-refractivity contribution in [2.24, 2.45) is 11.0 Å². The molecule has 0 aromatic carbocycles. The molecular formula is C13H17N3O3. The van der Waals surface area contributed by atoms with Crippen molar-refractivity contribution >= 4 is 11.7 Å². The van der Waals surface area contributed by atoms with Gasteiger partial charge in [-0.25, -0.2) is 4.79 Å². The van der Waals surface area contributed by atoms with Gasteiger partial charge in [0.25, 0.3) is 0 Å². The number of morpholine rings is 1. The van der Waals surface area contributed by atoms with Gasteiger partial charge in [0.15, 0.2) is 5.71 Å². The number of hydrogen-bond acceptors (Lipinski definition) is 6. The summed E-state index contributed by atoms with van der Waals surface area (Å²) < 4.78 is 10.1. The first-order valence-corrected chi connectivity index (χ1v) is 6.44. The number of ether oxygens (including phenoxy) is 2. The quantitative estimate of drug-likeness (QED) is 0.704. The number of allylic oxidation sites excluding steroid dienone is 1. The topological polar surface area (TPSA) is 63.2 Å². The molecule has 0 bridgehead atoms. The number of esters is 1. The Morgan fingerprint density at radius 1 is 1.53 bits per heavy atom. The molecule has 1 fully saturated rings. The number of hydrazone groups is 1. The lowest BCUT2D eigenvalue weighted by Crippen LogP contribution is -2.38. The number of methoxy groups -OCH3 is 1. The number of hydrogen-bond donors (Lipinski definition) is 1. The smallest absolute Gasteiger partial charge is 0.354 e. The molecule has 6 nitrogen and oxygen atoms in total. The van der Waals surface area contributed by atoms with Crippen molar-refractivity contribution in [2.75, 3.05) is 33.4 Å². The first-order chi connectivity index (χ1) is 9.29. The van der Waals surface area contributed by atoms with Gasteiger partial charge in [0, 0.05) is 18.8 Å². The minimum atomic E-state index is -0.368. The van der Waals surface area contributed by atoms with Crippen LogP contribution in [0.4, 0.5) is 0 Å². The van der Waals surface area contributed by atoms with Crippen molar-refractivity contribution in [1.29, 1.82) is 0 Å². The fourth-order valence-corrected chi connectivity index (χ4v) is 2.57. The molecular weight excluding hydrogens is 246 g/mol. The predicted octanol–water partition coefficient (Wildman–Crippen LogP) is -0.111. The molecule has 1 N–H and O–H groups in total. The molecule has 3 aliphatic rings. The molecule has 0 aromatic rings. The van der Waals surface area contributed by atoms with Crippen LogP contribution in [0.1, 0.15) is 0 Å². The van der Waals surface area contributed by atoms with Crippen LogP contribution in [0, 0.1) is 5.92 Å². The van der Waals surface area contributed by atoms with E-state index in [0.717, 1.165) is 32.0 Å². The van der Waals surface area contributed by atoms with Gasteiger partial charge in [-0.1, -0.05) is 6.08 Å². The fourth-order valence-electron chi connectivity index (χ4n) is 2.57. The van der Waals surface area contributed by atoms with E-state index < -0.39 is 0 Å². The van der Waals surface area contributed by atoms with Crippen LogP contribution in [0.15, 0.2) is 29.0 Å². The van der Waals surface area contributed by atoms with Crippen LogP contribution in [0.25, 0.3) is 0 Å². The Labute approximate surface area is 111 Å². The molecule has 2 heterocycles. The van der Waals surface area contributed by atoms with E-state index in [1.807, 2.05) is 0 Å². The Bertz CT molecular complexity index is 464. The maximum atomic E-state index is 11.7. The zero-order chi connectivity index (χ0) is 13.2. The molecule has 102 valence electrons. The number of carbonyl (C=O) groups excluding carboxylic acids is 1. The summed E-state index contributed by atoms with van der Waals surface area (Å²) in [6.07, 6.45) is 6.22. The second kappa shape index (κ2) is 5.05. The number of nitrogens with one attached hydrogen (secondary N) is 1. The number of fused-ring (bicyclic) bond motifs is 1. The highest BCUT2D eigenvalue weighted by Crippen LogP contribution is 2.25. The van der Waals surface area contributed by atoms with Crippen LogP contribution in [0.2, 0.25) is 0 Å². The minimum absolute atomic E-state index is 0.0460. The van der Waals surface area contributed by atoms with Crippen LogP contribution < -0.4 is 5.43 Å². The van der Waals surface area contributed by atoms with Gasteiger partial charge in [0.2, 0.25) is 0 Å². The van der Waals surface area contributed by atoms with E-state index in [1.165, 1.54) is 7.11 Å². The van der Waals surface area contributed by atoms with Crippen LogP contribution in [-0.4, -0.2) is 56.0 Å². The van der Waals surface area contributed by atoms with E-state index >= 15 is 0 Å². The normalized spacial score (nSPS) is 29.2. The molecule has 3 rings (SSSR count). The molecule has 6 heteroatoms. The molecule has 0 amide bonds. The van der Waals surface area contributed by atoms with E-state index in [-0.39, 0.29) is 17.9 Å². The summed E-state index contributed by atoms with van der Waals surface area (Å²) in [7, 11) is 1.38. The highest BCUT2D eigenvalue weighted by molar-refractivity contribution is 6.38. The monoisotopic (exact) mass is 263 g/mol. The second-order valence-electron chi connectivity index (χ2n) is 4.72. The first kappa shape index (κ1) is 12.2. The molecule has 19 heavy (non-hydrogen) atoms. The van der Waals surface area contributed by atoms with Crippen LogP contribution in [0.3, 0.4) is 0 Å². The Balaban J connectivity index is 1.79. The van der Waals surface area contributed by atoms with Crippen molar-refractivity contribution < 1.29 is 14.3 Å². The Kier molecular flexibility index (Phi) is 3.25. The zero-order valence-corrected chi connectivity index (χ0v) is 10.8. The van der Waals surface area contributed by atoms with Crippen molar-refractivity contribution in [3.8, 4) is 0 Å². The third kappa shape index (κ3) is 2.23. The van der Waals surface area contributed by atoms with E-state index in [2.05, 4.69) is 33.7 Å². The van der Waals surface area contributed by atoms with Gasteiger partial charge in [-0.15, -0.1) is 0 Å². The molecule has 2 aliphatic heterocycles. The van der Waals surface area contributed by atoms with Crippen LogP contribution >= 0.6 is 0 Å². The SMILES string of the molecule is COC(=O)C1=NNC2C=CC(N3CCOCC3)=CC12. The fraction of sp³-hybridized carbons (Fsp3) is 0.538. The van der Waals surface area contributed by atoms with Gasteiger partial charge in [0.05, 0.1) is 32.3 Å². The number of rotatable bonds is 2. The lowest BCUT2D eigenvalue weighted by Gasteiger charge is -2.32. The van der Waals surface area contributed by atoms with Gasteiger partial charge in [-0.2, -0.15) is 5.10 Å². The second-order valence-corrected chi connectivity index (χ2v) is 4.72. The largest absolute Gasteiger partial charge is 0.464 e. The Hall–Kier alpha value is -1.82. The third-order valence-corrected chi connectivity index (χ3v) is 3.63. The molecule has 2 atom stereocenters. The van der Waals surface area contributed by atoms with Gasteiger partial charge < -0.3 is 19.8 Å². The predicted molar refractivity (Wildman–Crippen MR) is 69.5 cm³/mol. The summed E-state index contributed by atoms with van der Waals surface area (Å²) in [6, 6.07) is 0.0545. The molecule has 2 unspecified atom stereocenters. The molecule has 0 radical (unpaired) electrons. The number of nitrogens with zero attached hydrogens (tertiary/aromatic N) is 2. The summed E-state index contributed by atoms with van der Waals surface area (Å²) in [5.74, 6) is -0.414. The van der Waals surface area contributed by atoms with E-state index in [4.69, 9.17) is 9.47 Å². The molecule has 0 saturated carbocycles. The average Bonchev–Trinajstić information content (AvgIpc) is 2.90. The minimum Gasteiger partial charge on any atom is -0.464 e. The van der Waals surface area contributed by atoms with E-state index in [9.17, 15) is 4.79 Å². The average molecular weight is 263 g/mol. The van der Waals surface area contributed by atoms with Gasteiger partial charge in [-0.3, -0.25) is 0 Å². The molecule has 0 aromatic heterocycles. The van der Waals surface area contributed by atoms with Crippen LogP contribution in [0.5, 0.6) is 0 Å². The number of carbonyl (C=O) groups is 1. The van der Waals surface area contributed by atoms with Crippen molar-refractivity contribution in [1.82, 2.24) is 10.3 Å². The maximum Gasteiger partial charge on any atom is 0.354 e. The summed E-state index contributed by atoms with van der Waals surface area (Å²) in [5, 5.41) is 4.08. The highest BCUT2D eigenvalue weighted by atomic mass is 16.5. The van der Waals surface area contributed by atoms with Crippen LogP contribution in [-0.2, 0) is 14.3 Å². The van der Waals surface area contributed by atoms with Crippen molar-refractivity contribution in [2.45, 2.75) is 6.04 Å². The summed E-state index contributed by atoms with van der Waals surface area (Å²) >= 11 is 0. The van der Waals surface area contributed by atoms with Crippen molar-refractivity contribution in [3.63, 3.8) is 0 Å². The molecule has 1 aliphatic carbocycles. The van der Waals surface area contributed by atoms with E-state index in [1.54, 1.807) is 0 Å². The third-order valence-electron chi connectivity index (χ3n) is 3.63. The maximum absolute atomic E-state index is 11.7. The van der Waals surface area contributed by atoms with E-state index in [0.29, 0.717) is 5.71 Å². The highest BCUT2D eigenvalue weighted by Gasteiger charge is 2.36. The first-order valence-electron chi connectivity index (χ1n) is 6.44. The summed E-state index contributed by atoms with van der Waals surface area (Å²) in [4.78, 5) is 13.9. The standard InChI is InChI=1S/C13H17N3O3/c1-18-13(17)12-10-8-9(2-3-11(10)14-15-12)16-4-6-19-7-5-16/h2-3,8,10-11,14H,4-7H2,1H3. The van der Waals surface area contributed by atoms with Gasteiger partial charge in [0.1, 0.15) is 0 Å². The summed E-state index contributed by atoms with van der Waals surface area (Å²) in [5.41, 5.74) is 4.54. The Morgan fingerprint density at radius 3 is 3.05 bits per heavy atom. The lowest BCUT2D eigenvalue weighted by molar-refractivity contribution is -0.132. The van der Waals surface area contributed by atoms with Gasteiger partial charge in [-0.05, 0) is 12.2 Å². The molecule has 1 saturated heterocycles. The zero-order valence-electron chi connectivity index (χ0n) is 10.8. The Morgan fingerprint density at radius 2 is 2.32 bits per heavy atom. The molecule has 0 spiro atoms. The van der Waals surface area contributed by atoms with Gasteiger partial charge >= 0.3 is 5.97 Å². The lowest BCUT2D eigenvalue weighted by atomic mass is 9.90. The summed E-state index contributed by atoms with van der Waals surface area (Å²) in [6.45, 7) is 3.25.